The van der Waals surface area contributed by atoms with Gasteiger partial charge in [0.15, 0.2) is 8.32 Å². The molecule has 0 fully saturated rings. The number of nitrogens with zero attached hydrogens (tertiary/aromatic N) is 5. The number of nitriles is 1. The number of ether oxygens (including phenoxy) is 3. The molecule has 2 aliphatic rings. The van der Waals surface area contributed by atoms with Crippen LogP contribution < -0.4 is 15.0 Å². The molecule has 1 N–H and O–H groups in total. The van der Waals surface area contributed by atoms with Gasteiger partial charge in [0.1, 0.15) is 17.4 Å². The van der Waals surface area contributed by atoms with Gasteiger partial charge in [0.2, 0.25) is 11.8 Å². The smallest absolute Gasteiger partial charge is 0.414 e. The van der Waals surface area contributed by atoms with Crippen LogP contribution in [0.5, 0.6) is 5.88 Å². The van der Waals surface area contributed by atoms with Gasteiger partial charge in [0.25, 0.3) is 0 Å². The summed E-state index contributed by atoms with van der Waals surface area (Å²) in [5, 5.41) is 13.7. The SMILES string of the molecule is COc1nc2c(cc1Nc1nccc(-c3cc(C#N)c4c(c3)[C@@](C)(CO[Si](C)(C)C(C)(C)C)CN4C(=O)OC(C)(C)C)n1)COCC2. The minimum absolute atomic E-state index is 0.00292. The molecule has 12 heteroatoms. The first kappa shape index (κ1) is 34.3. The molecular formula is C35H46N6O5Si. The van der Waals surface area contributed by atoms with Crippen molar-refractivity contribution in [2.75, 3.05) is 37.1 Å². The Morgan fingerprint density at radius 3 is 2.57 bits per heavy atom. The summed E-state index contributed by atoms with van der Waals surface area (Å²) >= 11 is 0. The van der Waals surface area contributed by atoms with E-state index in [0.29, 0.717) is 60.8 Å². The van der Waals surface area contributed by atoms with Gasteiger partial charge in [0, 0.05) is 42.3 Å². The molecule has 0 unspecified atom stereocenters. The number of amides is 1. The molecule has 11 nitrogen and oxygen atoms in total. The first-order valence-corrected chi connectivity index (χ1v) is 18.8. The van der Waals surface area contributed by atoms with E-state index in [4.69, 9.17) is 23.6 Å². The molecule has 2 aromatic heterocycles. The first-order valence-electron chi connectivity index (χ1n) is 15.9. The minimum atomic E-state index is -2.14. The molecule has 250 valence electrons. The third-order valence-corrected chi connectivity index (χ3v) is 13.6. The molecule has 3 aromatic rings. The molecule has 1 amide bonds. The van der Waals surface area contributed by atoms with Gasteiger partial charge in [-0.1, -0.05) is 27.7 Å². The van der Waals surface area contributed by atoms with Crippen LogP contribution in [0.1, 0.15) is 70.9 Å². The van der Waals surface area contributed by atoms with E-state index >= 15 is 0 Å². The number of benzene rings is 1. The van der Waals surface area contributed by atoms with Crippen molar-refractivity contribution in [2.45, 2.75) is 90.6 Å². The van der Waals surface area contributed by atoms with Gasteiger partial charge in [-0.25, -0.2) is 19.7 Å². The van der Waals surface area contributed by atoms with Crippen molar-refractivity contribution in [3.05, 3.63) is 52.8 Å². The van der Waals surface area contributed by atoms with Gasteiger partial charge < -0.3 is 24.0 Å². The molecule has 0 saturated carbocycles. The van der Waals surface area contributed by atoms with E-state index < -0.39 is 25.4 Å². The van der Waals surface area contributed by atoms with E-state index in [1.165, 1.54) is 0 Å². The summed E-state index contributed by atoms with van der Waals surface area (Å²) in [5.74, 6) is 0.793. The maximum Gasteiger partial charge on any atom is 0.414 e. The van der Waals surface area contributed by atoms with Crippen molar-refractivity contribution in [2.24, 2.45) is 0 Å². The topological polar surface area (TPSA) is 132 Å². The molecule has 0 bridgehead atoms. The van der Waals surface area contributed by atoms with E-state index in [1.54, 1.807) is 30.3 Å². The maximum absolute atomic E-state index is 13.6. The van der Waals surface area contributed by atoms with Crippen molar-refractivity contribution in [1.82, 2.24) is 15.0 Å². The van der Waals surface area contributed by atoms with Gasteiger partial charge in [-0.2, -0.15) is 5.26 Å². The van der Waals surface area contributed by atoms with Crippen molar-refractivity contribution >= 4 is 31.7 Å². The minimum Gasteiger partial charge on any atom is -0.480 e. The van der Waals surface area contributed by atoms with E-state index in [0.717, 1.165) is 28.8 Å². The second-order valence-electron chi connectivity index (χ2n) is 15.1. The van der Waals surface area contributed by atoms with E-state index in [1.807, 2.05) is 32.9 Å². The predicted molar refractivity (Wildman–Crippen MR) is 184 cm³/mol. The largest absolute Gasteiger partial charge is 0.480 e. The van der Waals surface area contributed by atoms with Crippen LogP contribution in [0.15, 0.2) is 30.5 Å². The molecule has 2 aliphatic heterocycles. The van der Waals surface area contributed by atoms with Crippen molar-refractivity contribution < 1.29 is 23.4 Å². The van der Waals surface area contributed by atoms with Gasteiger partial charge >= 0.3 is 6.09 Å². The highest BCUT2D eigenvalue weighted by molar-refractivity contribution is 6.74. The molecule has 1 atom stereocenters. The molecule has 0 radical (unpaired) electrons. The molecular weight excluding hydrogens is 613 g/mol. The van der Waals surface area contributed by atoms with Gasteiger partial charge in [0.05, 0.1) is 43.0 Å². The second kappa shape index (κ2) is 12.5. The number of pyridine rings is 1. The van der Waals surface area contributed by atoms with Crippen LogP contribution in [-0.2, 0) is 32.3 Å². The molecule has 0 spiro atoms. The summed E-state index contributed by atoms with van der Waals surface area (Å²) in [4.78, 5) is 29.1. The van der Waals surface area contributed by atoms with Crippen LogP contribution in [0.3, 0.4) is 0 Å². The molecule has 1 aromatic carbocycles. The average Bonchev–Trinajstić information content (AvgIpc) is 3.31. The van der Waals surface area contributed by atoms with Crippen LogP contribution in [0.2, 0.25) is 18.1 Å². The third-order valence-electron chi connectivity index (χ3n) is 9.12. The monoisotopic (exact) mass is 658 g/mol. The summed E-state index contributed by atoms with van der Waals surface area (Å²) in [6.07, 6.45) is 1.89. The number of fused-ring (bicyclic) bond motifs is 2. The Morgan fingerprint density at radius 1 is 1.17 bits per heavy atom. The molecule has 5 rings (SSSR count). The summed E-state index contributed by atoms with van der Waals surface area (Å²) in [5.41, 5.74) is 4.33. The Kier molecular flexibility index (Phi) is 9.13. The summed E-state index contributed by atoms with van der Waals surface area (Å²) in [7, 11) is -0.561. The molecule has 47 heavy (non-hydrogen) atoms. The Balaban J connectivity index is 1.55. The van der Waals surface area contributed by atoms with Gasteiger partial charge in [-0.05, 0) is 68.7 Å². The standard InChI is InChI=1S/C35H46N6O5Si/c1-33(2,3)46-32(42)41-20-35(7,21-45-47(9,10)34(4,5)6)25-16-22(15-23(18-36)29(25)41)26-11-13-37-31(39-26)40-28-17-24-19-44-14-12-27(24)38-30(28)43-8/h11,13,15-17H,12,14,19-21H2,1-10H3,(H,37,39,40)/t35-/m1/s1. The number of hydrogen-bond acceptors (Lipinski definition) is 10. The predicted octanol–water partition coefficient (Wildman–Crippen LogP) is 7.27. The number of nitrogens with one attached hydrogen (secondary N) is 1. The van der Waals surface area contributed by atoms with Crippen LogP contribution >= 0.6 is 0 Å². The van der Waals surface area contributed by atoms with E-state index in [9.17, 15) is 10.1 Å². The quantitative estimate of drug-likeness (QED) is 0.259. The fourth-order valence-electron chi connectivity index (χ4n) is 5.50. The highest BCUT2D eigenvalue weighted by Gasteiger charge is 2.47. The zero-order chi connectivity index (χ0) is 34.4. The Morgan fingerprint density at radius 2 is 1.91 bits per heavy atom. The number of aromatic nitrogens is 3. The Bertz CT molecular complexity index is 1720. The highest BCUT2D eigenvalue weighted by Crippen LogP contribution is 2.47. The zero-order valence-electron chi connectivity index (χ0n) is 29.2. The number of carbonyl (C=O) groups is 1. The lowest BCUT2D eigenvalue weighted by Crippen LogP contribution is -2.46. The number of rotatable bonds is 7. The van der Waals surface area contributed by atoms with Crippen LogP contribution in [0.4, 0.5) is 22.1 Å². The maximum atomic E-state index is 13.6. The second-order valence-corrected chi connectivity index (χ2v) is 19.9. The van der Waals surface area contributed by atoms with Crippen LogP contribution in [0.25, 0.3) is 11.3 Å². The van der Waals surface area contributed by atoms with Crippen molar-refractivity contribution in [1.29, 1.82) is 5.26 Å². The molecule has 0 aliphatic carbocycles. The highest BCUT2D eigenvalue weighted by atomic mass is 28.4. The Labute approximate surface area is 278 Å². The average molecular weight is 659 g/mol. The fraction of sp³-hybridized carbons (Fsp3) is 0.514. The number of hydrogen-bond donors (Lipinski definition) is 1. The lowest BCUT2D eigenvalue weighted by atomic mass is 9.83. The van der Waals surface area contributed by atoms with E-state index in [-0.39, 0.29) is 5.04 Å². The summed E-state index contributed by atoms with van der Waals surface area (Å²) < 4.78 is 23.7. The Hall–Kier alpha value is -4.05. The number of anilines is 3. The summed E-state index contributed by atoms with van der Waals surface area (Å²) in [6, 6.07) is 9.88. The van der Waals surface area contributed by atoms with Gasteiger partial charge in [-0.3, -0.25) is 4.90 Å². The lowest BCUT2D eigenvalue weighted by molar-refractivity contribution is 0.0575. The molecule has 4 heterocycles. The lowest BCUT2D eigenvalue weighted by Gasteiger charge is -2.39. The van der Waals surface area contributed by atoms with Crippen molar-refractivity contribution in [3.8, 4) is 23.2 Å². The fourth-order valence-corrected chi connectivity index (χ4v) is 6.61. The zero-order valence-corrected chi connectivity index (χ0v) is 30.2. The van der Waals surface area contributed by atoms with Crippen LogP contribution in [-0.4, -0.2) is 61.8 Å². The van der Waals surface area contributed by atoms with E-state index in [2.05, 4.69) is 62.1 Å². The number of methoxy groups -OCH3 is 1. The van der Waals surface area contributed by atoms with Crippen molar-refractivity contribution in [3.63, 3.8) is 0 Å². The molecule has 0 saturated heterocycles. The number of carbonyl (C=O) groups excluding carboxylic acids is 1. The van der Waals surface area contributed by atoms with Crippen LogP contribution in [0, 0.1) is 11.3 Å². The van der Waals surface area contributed by atoms with Gasteiger partial charge in [-0.15, -0.1) is 0 Å². The normalized spacial score (nSPS) is 17.9. The first-order chi connectivity index (χ1) is 21.9. The third kappa shape index (κ3) is 7.12. The summed E-state index contributed by atoms with van der Waals surface area (Å²) in [6.45, 7) is 20.4.